The SMILES string of the molecule is CN=C(NCCCN(C)C)NCc1ccc(C)cc1.I. The van der Waals surface area contributed by atoms with Crippen molar-refractivity contribution in [3.05, 3.63) is 35.4 Å². The van der Waals surface area contributed by atoms with Crippen LogP contribution in [0.3, 0.4) is 0 Å². The first-order chi connectivity index (χ1) is 9.11. The van der Waals surface area contributed by atoms with Gasteiger partial charge in [-0.1, -0.05) is 29.8 Å². The van der Waals surface area contributed by atoms with E-state index in [0.29, 0.717) is 0 Å². The maximum absolute atomic E-state index is 4.22. The minimum absolute atomic E-state index is 0. The monoisotopic (exact) mass is 390 g/mol. The summed E-state index contributed by atoms with van der Waals surface area (Å²) in [5.74, 6) is 0.860. The number of nitrogens with one attached hydrogen (secondary N) is 2. The Morgan fingerprint density at radius 3 is 2.35 bits per heavy atom. The number of rotatable bonds is 6. The summed E-state index contributed by atoms with van der Waals surface area (Å²) in [5.41, 5.74) is 2.55. The predicted octanol–water partition coefficient (Wildman–Crippen LogP) is 2.23. The third kappa shape index (κ3) is 8.37. The molecule has 0 bridgehead atoms. The van der Waals surface area contributed by atoms with Crippen LogP contribution in [-0.4, -0.2) is 45.1 Å². The van der Waals surface area contributed by atoms with Crippen molar-refractivity contribution in [3.8, 4) is 0 Å². The highest BCUT2D eigenvalue weighted by atomic mass is 127. The van der Waals surface area contributed by atoms with Crippen LogP contribution in [0, 0.1) is 6.92 Å². The summed E-state index contributed by atoms with van der Waals surface area (Å²) in [7, 11) is 5.98. The van der Waals surface area contributed by atoms with Crippen LogP contribution in [0.5, 0.6) is 0 Å². The fourth-order valence-corrected chi connectivity index (χ4v) is 1.71. The van der Waals surface area contributed by atoms with E-state index in [1.165, 1.54) is 11.1 Å². The molecular formula is C15H27IN4. The van der Waals surface area contributed by atoms with Crippen molar-refractivity contribution < 1.29 is 0 Å². The molecule has 0 heterocycles. The van der Waals surface area contributed by atoms with E-state index in [9.17, 15) is 0 Å². The van der Waals surface area contributed by atoms with Gasteiger partial charge in [0, 0.05) is 20.1 Å². The first-order valence-corrected chi connectivity index (χ1v) is 6.76. The van der Waals surface area contributed by atoms with Crippen LogP contribution in [0.2, 0.25) is 0 Å². The van der Waals surface area contributed by atoms with Gasteiger partial charge in [0.05, 0.1) is 0 Å². The molecule has 0 aromatic heterocycles. The number of nitrogens with zero attached hydrogens (tertiary/aromatic N) is 2. The number of aliphatic imine (C=N–C) groups is 1. The van der Waals surface area contributed by atoms with Gasteiger partial charge in [0.2, 0.25) is 0 Å². The lowest BCUT2D eigenvalue weighted by atomic mass is 10.1. The number of guanidine groups is 1. The van der Waals surface area contributed by atoms with Crippen LogP contribution in [0.25, 0.3) is 0 Å². The second-order valence-electron chi connectivity index (χ2n) is 4.99. The predicted molar refractivity (Wildman–Crippen MR) is 98.0 cm³/mol. The van der Waals surface area contributed by atoms with Crippen LogP contribution in [0.15, 0.2) is 29.3 Å². The van der Waals surface area contributed by atoms with E-state index in [4.69, 9.17) is 0 Å². The Labute approximate surface area is 140 Å². The van der Waals surface area contributed by atoms with Crippen LogP contribution < -0.4 is 10.6 Å². The summed E-state index contributed by atoms with van der Waals surface area (Å²) in [5, 5.41) is 6.64. The molecule has 0 atom stereocenters. The van der Waals surface area contributed by atoms with E-state index in [0.717, 1.165) is 32.0 Å². The lowest BCUT2D eigenvalue weighted by Crippen LogP contribution is -2.38. The van der Waals surface area contributed by atoms with Crippen molar-refractivity contribution in [1.82, 2.24) is 15.5 Å². The molecule has 20 heavy (non-hydrogen) atoms. The van der Waals surface area contributed by atoms with E-state index in [-0.39, 0.29) is 24.0 Å². The highest BCUT2D eigenvalue weighted by Gasteiger charge is 1.98. The Hall–Kier alpha value is -0.820. The standard InChI is InChI=1S/C15H26N4.HI/c1-13-6-8-14(9-7-13)12-18-15(16-2)17-10-5-11-19(3)4;/h6-9H,5,10-12H2,1-4H3,(H2,16,17,18);1H. The second kappa shape index (κ2) is 10.9. The van der Waals surface area contributed by atoms with E-state index in [2.05, 4.69) is 65.8 Å². The minimum Gasteiger partial charge on any atom is -0.356 e. The molecule has 114 valence electrons. The lowest BCUT2D eigenvalue weighted by Gasteiger charge is -2.13. The molecule has 0 aliphatic carbocycles. The zero-order valence-electron chi connectivity index (χ0n) is 12.9. The summed E-state index contributed by atoms with van der Waals surface area (Å²) in [6.07, 6.45) is 1.11. The third-order valence-electron chi connectivity index (χ3n) is 2.88. The molecule has 1 rings (SSSR count). The quantitative estimate of drug-likeness (QED) is 0.339. The molecule has 0 unspecified atom stereocenters. The van der Waals surface area contributed by atoms with Gasteiger partial charge in [0.1, 0.15) is 0 Å². The van der Waals surface area contributed by atoms with Gasteiger partial charge >= 0.3 is 0 Å². The molecule has 0 saturated heterocycles. The van der Waals surface area contributed by atoms with Gasteiger partial charge in [-0.2, -0.15) is 0 Å². The summed E-state index contributed by atoms with van der Waals surface area (Å²) in [6.45, 7) is 4.92. The Balaban J connectivity index is 0.00000361. The molecule has 0 amide bonds. The number of hydrogen-bond donors (Lipinski definition) is 2. The summed E-state index contributed by atoms with van der Waals surface area (Å²) >= 11 is 0. The normalized spacial score (nSPS) is 11.2. The number of hydrogen-bond acceptors (Lipinski definition) is 2. The fourth-order valence-electron chi connectivity index (χ4n) is 1.71. The number of benzene rings is 1. The van der Waals surface area contributed by atoms with Gasteiger partial charge in [0.15, 0.2) is 5.96 Å². The molecular weight excluding hydrogens is 363 g/mol. The van der Waals surface area contributed by atoms with Gasteiger partial charge in [-0.25, -0.2) is 0 Å². The van der Waals surface area contributed by atoms with Crippen molar-refractivity contribution in [2.45, 2.75) is 19.9 Å². The summed E-state index contributed by atoms with van der Waals surface area (Å²) < 4.78 is 0. The number of halogens is 1. The Kier molecular flexibility index (Phi) is 10.5. The highest BCUT2D eigenvalue weighted by Crippen LogP contribution is 2.02. The molecule has 5 heteroatoms. The second-order valence-corrected chi connectivity index (χ2v) is 4.99. The molecule has 1 aromatic carbocycles. The largest absolute Gasteiger partial charge is 0.356 e. The maximum Gasteiger partial charge on any atom is 0.191 e. The van der Waals surface area contributed by atoms with Crippen LogP contribution in [-0.2, 0) is 6.54 Å². The smallest absolute Gasteiger partial charge is 0.191 e. The average Bonchev–Trinajstić information content (AvgIpc) is 2.39. The van der Waals surface area contributed by atoms with Crippen molar-refractivity contribution in [1.29, 1.82) is 0 Å². The van der Waals surface area contributed by atoms with Crippen molar-refractivity contribution >= 4 is 29.9 Å². The molecule has 0 saturated carbocycles. The van der Waals surface area contributed by atoms with Gasteiger partial charge in [-0.15, -0.1) is 24.0 Å². The summed E-state index contributed by atoms with van der Waals surface area (Å²) in [4.78, 5) is 6.40. The third-order valence-corrected chi connectivity index (χ3v) is 2.88. The zero-order valence-corrected chi connectivity index (χ0v) is 15.3. The molecule has 4 nitrogen and oxygen atoms in total. The molecule has 1 aromatic rings. The van der Waals surface area contributed by atoms with Crippen molar-refractivity contribution in [2.75, 3.05) is 34.2 Å². The van der Waals surface area contributed by atoms with E-state index >= 15 is 0 Å². The molecule has 0 aliphatic rings. The van der Waals surface area contributed by atoms with Crippen LogP contribution >= 0.6 is 24.0 Å². The first kappa shape index (κ1) is 19.2. The van der Waals surface area contributed by atoms with Gasteiger partial charge < -0.3 is 15.5 Å². The molecule has 0 radical (unpaired) electrons. The average molecular weight is 390 g/mol. The number of aryl methyl sites for hydroxylation is 1. The Morgan fingerprint density at radius 1 is 1.15 bits per heavy atom. The van der Waals surface area contributed by atoms with Crippen LogP contribution in [0.1, 0.15) is 17.5 Å². The molecule has 2 N–H and O–H groups in total. The van der Waals surface area contributed by atoms with Crippen molar-refractivity contribution in [3.63, 3.8) is 0 Å². The minimum atomic E-state index is 0. The van der Waals surface area contributed by atoms with Crippen LogP contribution in [0.4, 0.5) is 0 Å². The van der Waals surface area contributed by atoms with E-state index in [1.807, 2.05) is 0 Å². The molecule has 0 fully saturated rings. The Bertz CT molecular complexity index is 387. The summed E-state index contributed by atoms with van der Waals surface area (Å²) in [6, 6.07) is 8.54. The first-order valence-electron chi connectivity index (χ1n) is 6.76. The maximum atomic E-state index is 4.22. The highest BCUT2D eigenvalue weighted by molar-refractivity contribution is 14.0. The van der Waals surface area contributed by atoms with E-state index < -0.39 is 0 Å². The topological polar surface area (TPSA) is 39.7 Å². The molecule has 0 aliphatic heterocycles. The fraction of sp³-hybridized carbons (Fsp3) is 0.533. The van der Waals surface area contributed by atoms with Gasteiger partial charge in [-0.3, -0.25) is 4.99 Å². The Morgan fingerprint density at radius 2 is 1.80 bits per heavy atom. The zero-order chi connectivity index (χ0) is 14.1. The van der Waals surface area contributed by atoms with Gasteiger partial charge in [-0.05, 0) is 39.5 Å². The van der Waals surface area contributed by atoms with Crippen molar-refractivity contribution in [2.24, 2.45) is 4.99 Å². The van der Waals surface area contributed by atoms with E-state index in [1.54, 1.807) is 7.05 Å². The lowest BCUT2D eigenvalue weighted by molar-refractivity contribution is 0.399. The molecule has 0 spiro atoms. The van der Waals surface area contributed by atoms with Gasteiger partial charge in [0.25, 0.3) is 0 Å².